The van der Waals surface area contributed by atoms with Crippen LogP contribution in [0.2, 0.25) is 0 Å². The number of nitrogens with one attached hydrogen (secondary N) is 2. The maximum Gasteiger partial charge on any atom is 0.228 e. The van der Waals surface area contributed by atoms with Gasteiger partial charge in [0.15, 0.2) is 0 Å². The van der Waals surface area contributed by atoms with E-state index in [1.807, 2.05) is 32.4 Å². The summed E-state index contributed by atoms with van der Waals surface area (Å²) in [5.74, 6) is -0.0170. The van der Waals surface area contributed by atoms with Crippen molar-refractivity contribution in [3.05, 3.63) is 11.4 Å². The highest BCUT2D eigenvalue weighted by atomic mass is 16.1. The Kier molecular flexibility index (Phi) is 5.54. The largest absolute Gasteiger partial charge is 0.323 e. The molecule has 5 nitrogen and oxygen atoms in total. The fourth-order valence-electron chi connectivity index (χ4n) is 2.05. The minimum Gasteiger partial charge on any atom is -0.323 e. The van der Waals surface area contributed by atoms with Crippen molar-refractivity contribution in [2.24, 2.45) is 5.92 Å². The maximum absolute atomic E-state index is 12.1. The van der Waals surface area contributed by atoms with Crippen LogP contribution in [0.4, 0.5) is 5.69 Å². The van der Waals surface area contributed by atoms with Gasteiger partial charge in [0.25, 0.3) is 0 Å². The van der Waals surface area contributed by atoms with Crippen molar-refractivity contribution < 1.29 is 4.79 Å². The molecule has 1 unspecified atom stereocenters. The van der Waals surface area contributed by atoms with Crippen molar-refractivity contribution >= 4 is 11.6 Å². The predicted octanol–water partition coefficient (Wildman–Crippen LogP) is 2.26. The zero-order valence-corrected chi connectivity index (χ0v) is 12.9. The van der Waals surface area contributed by atoms with Crippen LogP contribution in [0.25, 0.3) is 0 Å². The van der Waals surface area contributed by atoms with Gasteiger partial charge in [-0.3, -0.25) is 9.48 Å². The van der Waals surface area contributed by atoms with E-state index < -0.39 is 0 Å². The molecule has 0 radical (unpaired) electrons. The second-order valence-corrected chi connectivity index (χ2v) is 5.28. The number of rotatable bonds is 6. The third-order valence-electron chi connectivity index (χ3n) is 3.21. The normalized spacial score (nSPS) is 12.8. The summed E-state index contributed by atoms with van der Waals surface area (Å²) in [5.41, 5.74) is 2.73. The number of nitrogens with zero attached hydrogens (tertiary/aromatic N) is 2. The fraction of sp³-hybridized carbons (Fsp3) is 0.714. The highest BCUT2D eigenvalue weighted by molar-refractivity contribution is 5.93. The molecular formula is C14H26N4O. The van der Waals surface area contributed by atoms with Gasteiger partial charge in [-0.25, -0.2) is 0 Å². The van der Waals surface area contributed by atoms with Crippen LogP contribution in [0.3, 0.4) is 0 Å². The van der Waals surface area contributed by atoms with Gasteiger partial charge in [-0.2, -0.15) is 5.10 Å². The molecule has 1 aromatic rings. The zero-order valence-electron chi connectivity index (χ0n) is 12.9. The average molecular weight is 266 g/mol. The Morgan fingerprint density at radius 1 is 1.32 bits per heavy atom. The number of anilines is 1. The molecule has 1 amide bonds. The fourth-order valence-corrected chi connectivity index (χ4v) is 2.05. The summed E-state index contributed by atoms with van der Waals surface area (Å²) < 4.78 is 1.94. The van der Waals surface area contributed by atoms with E-state index >= 15 is 0 Å². The summed E-state index contributed by atoms with van der Waals surface area (Å²) in [6.45, 7) is 13.6. The third-order valence-corrected chi connectivity index (χ3v) is 3.21. The lowest BCUT2D eigenvalue weighted by Gasteiger charge is -2.13. The molecule has 1 atom stereocenters. The second kappa shape index (κ2) is 6.70. The molecule has 1 heterocycles. The molecule has 1 rings (SSSR count). The topological polar surface area (TPSA) is 59.0 Å². The molecule has 0 aliphatic carbocycles. The van der Waals surface area contributed by atoms with Gasteiger partial charge >= 0.3 is 0 Å². The van der Waals surface area contributed by atoms with Crippen molar-refractivity contribution in [1.82, 2.24) is 15.1 Å². The highest BCUT2D eigenvalue weighted by Crippen LogP contribution is 2.22. The molecule has 0 spiro atoms. The van der Waals surface area contributed by atoms with Gasteiger partial charge in [-0.1, -0.05) is 13.8 Å². The average Bonchev–Trinajstić information content (AvgIpc) is 2.63. The summed E-state index contributed by atoms with van der Waals surface area (Å²) in [6, 6.07) is 0.295. The number of hydrogen-bond donors (Lipinski definition) is 2. The molecule has 0 saturated heterocycles. The van der Waals surface area contributed by atoms with Gasteiger partial charge in [-0.15, -0.1) is 0 Å². The first-order valence-electron chi connectivity index (χ1n) is 6.95. The van der Waals surface area contributed by atoms with Crippen molar-refractivity contribution in [3.8, 4) is 0 Å². The molecule has 0 aliphatic heterocycles. The lowest BCUT2D eigenvalue weighted by molar-refractivity contribution is -0.119. The molecule has 0 aliphatic rings. The Morgan fingerprint density at radius 2 is 1.95 bits per heavy atom. The first-order chi connectivity index (χ1) is 8.88. The number of carbonyl (C=O) groups is 1. The quantitative estimate of drug-likeness (QED) is 0.830. The predicted molar refractivity (Wildman–Crippen MR) is 78.4 cm³/mol. The minimum atomic E-state index is -0.0545. The van der Waals surface area contributed by atoms with Gasteiger partial charge < -0.3 is 10.6 Å². The van der Waals surface area contributed by atoms with Gasteiger partial charge in [0.05, 0.1) is 17.1 Å². The van der Waals surface area contributed by atoms with E-state index in [0.717, 1.165) is 23.6 Å². The zero-order chi connectivity index (χ0) is 14.6. The first-order valence-corrected chi connectivity index (χ1v) is 6.95. The Balaban J connectivity index is 2.79. The molecule has 108 valence electrons. The third kappa shape index (κ3) is 3.80. The Morgan fingerprint density at radius 3 is 2.42 bits per heavy atom. The number of hydrogen-bond acceptors (Lipinski definition) is 3. The van der Waals surface area contributed by atoms with Crippen LogP contribution in [0.1, 0.15) is 45.1 Å². The SMILES string of the molecule is CCNCC(C)C(=O)Nc1c(C)nn(C(C)C)c1C. The summed E-state index contributed by atoms with van der Waals surface area (Å²) >= 11 is 0. The van der Waals surface area contributed by atoms with Gasteiger partial charge in [0.2, 0.25) is 5.91 Å². The molecule has 2 N–H and O–H groups in total. The summed E-state index contributed by atoms with van der Waals surface area (Å²) in [5, 5.41) is 10.7. The second-order valence-electron chi connectivity index (χ2n) is 5.28. The van der Waals surface area contributed by atoms with Gasteiger partial charge in [-0.05, 0) is 34.2 Å². The van der Waals surface area contributed by atoms with E-state index in [9.17, 15) is 4.79 Å². The minimum absolute atomic E-state index is 0.0375. The van der Waals surface area contributed by atoms with E-state index in [1.54, 1.807) is 0 Å². The Bertz CT molecular complexity index is 437. The van der Waals surface area contributed by atoms with Crippen LogP contribution in [-0.4, -0.2) is 28.8 Å². The number of aryl methyl sites for hydroxylation is 1. The highest BCUT2D eigenvalue weighted by Gasteiger charge is 2.18. The lowest BCUT2D eigenvalue weighted by atomic mass is 10.1. The number of amides is 1. The van der Waals surface area contributed by atoms with Crippen molar-refractivity contribution in [3.63, 3.8) is 0 Å². The molecule has 1 aromatic heterocycles. The van der Waals surface area contributed by atoms with Crippen LogP contribution < -0.4 is 10.6 Å². The standard InChI is InChI=1S/C14H26N4O/c1-7-15-8-10(4)14(19)16-13-11(5)17-18(9(2)3)12(13)6/h9-10,15H,7-8H2,1-6H3,(H,16,19). The molecule has 0 aromatic carbocycles. The Hall–Kier alpha value is -1.36. The van der Waals surface area contributed by atoms with E-state index in [1.165, 1.54) is 0 Å². The van der Waals surface area contributed by atoms with E-state index in [4.69, 9.17) is 0 Å². The molecule has 19 heavy (non-hydrogen) atoms. The summed E-state index contributed by atoms with van der Waals surface area (Å²) in [6.07, 6.45) is 0. The Labute approximate surface area is 115 Å². The van der Waals surface area contributed by atoms with Crippen LogP contribution in [-0.2, 0) is 4.79 Å². The monoisotopic (exact) mass is 266 g/mol. The summed E-state index contributed by atoms with van der Waals surface area (Å²) in [4.78, 5) is 12.1. The van der Waals surface area contributed by atoms with E-state index in [2.05, 4.69) is 29.6 Å². The smallest absolute Gasteiger partial charge is 0.228 e. The molecule has 0 bridgehead atoms. The van der Waals surface area contributed by atoms with Crippen LogP contribution in [0.15, 0.2) is 0 Å². The van der Waals surface area contributed by atoms with Crippen LogP contribution in [0, 0.1) is 19.8 Å². The van der Waals surface area contributed by atoms with Gasteiger partial charge in [0.1, 0.15) is 0 Å². The molecule has 5 heteroatoms. The first kappa shape index (κ1) is 15.7. The van der Waals surface area contributed by atoms with E-state index in [0.29, 0.717) is 12.6 Å². The van der Waals surface area contributed by atoms with Gasteiger partial charge in [0, 0.05) is 18.5 Å². The maximum atomic E-state index is 12.1. The summed E-state index contributed by atoms with van der Waals surface area (Å²) in [7, 11) is 0. The van der Waals surface area contributed by atoms with Crippen molar-refractivity contribution in [2.45, 2.75) is 47.6 Å². The van der Waals surface area contributed by atoms with E-state index in [-0.39, 0.29) is 11.8 Å². The molecule has 0 saturated carbocycles. The lowest BCUT2D eigenvalue weighted by Crippen LogP contribution is -2.30. The number of aromatic nitrogens is 2. The molecular weight excluding hydrogens is 240 g/mol. The van der Waals surface area contributed by atoms with Crippen molar-refractivity contribution in [2.75, 3.05) is 18.4 Å². The van der Waals surface area contributed by atoms with Crippen LogP contribution in [0.5, 0.6) is 0 Å². The number of carbonyl (C=O) groups excluding carboxylic acids is 1. The van der Waals surface area contributed by atoms with Crippen molar-refractivity contribution in [1.29, 1.82) is 0 Å². The molecule has 0 fully saturated rings. The van der Waals surface area contributed by atoms with Crippen LogP contribution >= 0.6 is 0 Å².